The van der Waals surface area contributed by atoms with Crippen molar-refractivity contribution in [1.82, 2.24) is 19.1 Å². The van der Waals surface area contributed by atoms with Crippen molar-refractivity contribution in [3.8, 4) is 11.4 Å². The minimum absolute atomic E-state index is 0.216. The van der Waals surface area contributed by atoms with E-state index in [0.29, 0.717) is 5.69 Å². The van der Waals surface area contributed by atoms with Gasteiger partial charge >= 0.3 is 0 Å². The van der Waals surface area contributed by atoms with Crippen LogP contribution in [0.5, 0.6) is 0 Å². The van der Waals surface area contributed by atoms with Gasteiger partial charge in [-0.1, -0.05) is 24.6 Å². The number of aryl methyl sites for hydroxylation is 2. The predicted molar refractivity (Wildman–Crippen MR) is 121 cm³/mol. The van der Waals surface area contributed by atoms with Gasteiger partial charge in [0.05, 0.1) is 6.54 Å². The average Bonchev–Trinajstić information content (AvgIpc) is 3.36. The number of thiophene rings is 1. The van der Waals surface area contributed by atoms with Crippen molar-refractivity contribution in [3.05, 3.63) is 47.1 Å². The number of nitrogens with zero attached hydrogens (tertiary/aromatic N) is 4. The molecule has 8 nitrogen and oxygen atoms in total. The predicted octanol–water partition coefficient (Wildman–Crippen LogP) is 3.30. The Hall–Kier alpha value is -2.56. The van der Waals surface area contributed by atoms with Gasteiger partial charge in [-0.25, -0.2) is 8.42 Å². The van der Waals surface area contributed by atoms with Gasteiger partial charge in [-0.2, -0.15) is 4.31 Å². The van der Waals surface area contributed by atoms with Crippen molar-refractivity contribution >= 4 is 33.0 Å². The summed E-state index contributed by atoms with van der Waals surface area (Å²) < 4.78 is 28.6. The summed E-state index contributed by atoms with van der Waals surface area (Å²) >= 11 is 1.13. The zero-order valence-corrected chi connectivity index (χ0v) is 19.2. The van der Waals surface area contributed by atoms with Crippen molar-refractivity contribution in [2.24, 2.45) is 0 Å². The lowest BCUT2D eigenvalue weighted by molar-refractivity contribution is -0.116. The minimum atomic E-state index is -3.68. The van der Waals surface area contributed by atoms with Gasteiger partial charge in [0.15, 0.2) is 5.82 Å². The molecule has 1 aliphatic rings. The summed E-state index contributed by atoms with van der Waals surface area (Å²) in [6.45, 7) is 2.51. The van der Waals surface area contributed by atoms with Gasteiger partial charge < -0.3 is 9.88 Å². The molecule has 0 aliphatic carbocycles. The number of hydrogen-bond donors (Lipinski definition) is 1. The molecule has 164 valence electrons. The molecule has 0 bridgehead atoms. The van der Waals surface area contributed by atoms with Crippen molar-refractivity contribution in [1.29, 1.82) is 0 Å². The second-order valence-electron chi connectivity index (χ2n) is 7.67. The monoisotopic (exact) mass is 459 g/mol. The van der Waals surface area contributed by atoms with E-state index >= 15 is 0 Å². The van der Waals surface area contributed by atoms with E-state index < -0.39 is 15.9 Å². The molecule has 1 aromatic carbocycles. The first-order chi connectivity index (χ1) is 14.9. The van der Waals surface area contributed by atoms with E-state index in [1.54, 1.807) is 11.4 Å². The Kier molecular flexibility index (Phi) is 6.22. The fourth-order valence-corrected chi connectivity index (χ4v) is 5.96. The highest BCUT2D eigenvalue weighted by Crippen LogP contribution is 2.27. The number of carbonyl (C=O) groups is 1. The van der Waals surface area contributed by atoms with Crippen molar-refractivity contribution in [2.45, 2.75) is 43.4 Å². The number of amides is 1. The number of aromatic nitrogens is 3. The molecule has 31 heavy (non-hydrogen) atoms. The standard InChI is InChI=1S/C21H25N5O3S2/c1-15-9-10-16(21-24-23-18-7-4-3-5-11-26(18)21)13-17(15)22-19(27)14-25(2)31(28,29)20-8-6-12-30-20/h6,8-10,12-13H,3-5,7,11,14H2,1-2H3,(H,22,27). The number of benzene rings is 1. The molecular formula is C21H25N5O3S2. The van der Waals surface area contributed by atoms with Crippen LogP contribution in [0.1, 0.15) is 30.7 Å². The number of hydrogen-bond acceptors (Lipinski definition) is 6. The van der Waals surface area contributed by atoms with E-state index in [0.717, 1.165) is 64.2 Å². The third-order valence-corrected chi connectivity index (χ3v) is 8.58. The van der Waals surface area contributed by atoms with Gasteiger partial charge in [0.1, 0.15) is 10.0 Å². The van der Waals surface area contributed by atoms with Crippen LogP contribution in [0.2, 0.25) is 0 Å². The van der Waals surface area contributed by atoms with E-state index in [1.165, 1.54) is 19.5 Å². The minimum Gasteiger partial charge on any atom is -0.325 e. The Morgan fingerprint density at radius 1 is 1.23 bits per heavy atom. The summed E-state index contributed by atoms with van der Waals surface area (Å²) in [6, 6.07) is 8.98. The third-order valence-electron chi connectivity index (χ3n) is 5.41. The van der Waals surface area contributed by atoms with Gasteiger partial charge in [-0.3, -0.25) is 4.79 Å². The molecule has 3 aromatic rings. The number of sulfonamides is 1. The van der Waals surface area contributed by atoms with E-state index in [-0.39, 0.29) is 10.8 Å². The van der Waals surface area contributed by atoms with Crippen molar-refractivity contribution < 1.29 is 13.2 Å². The van der Waals surface area contributed by atoms with Crippen LogP contribution in [-0.2, 0) is 27.8 Å². The number of nitrogens with one attached hydrogen (secondary N) is 1. The largest absolute Gasteiger partial charge is 0.325 e. The summed E-state index contributed by atoms with van der Waals surface area (Å²) in [7, 11) is -2.27. The lowest BCUT2D eigenvalue weighted by atomic mass is 10.1. The van der Waals surface area contributed by atoms with Crippen LogP contribution in [0.3, 0.4) is 0 Å². The molecule has 1 N–H and O–H groups in total. The van der Waals surface area contributed by atoms with Gasteiger partial charge in [-0.05, 0) is 42.8 Å². The third kappa shape index (κ3) is 4.56. The molecule has 0 radical (unpaired) electrons. The molecule has 2 aromatic heterocycles. The zero-order valence-electron chi connectivity index (χ0n) is 17.5. The molecule has 0 saturated heterocycles. The summed E-state index contributed by atoms with van der Waals surface area (Å²) in [5, 5.41) is 13.3. The second kappa shape index (κ2) is 8.89. The molecule has 0 fully saturated rings. The smallest absolute Gasteiger partial charge is 0.252 e. The number of rotatable bonds is 6. The first kappa shape index (κ1) is 21.7. The molecule has 4 rings (SSSR count). The number of likely N-dealkylation sites (N-methyl/N-ethyl adjacent to an activating group) is 1. The topological polar surface area (TPSA) is 97.2 Å². The molecule has 1 aliphatic heterocycles. The summed E-state index contributed by atoms with van der Waals surface area (Å²) in [5.41, 5.74) is 2.40. The number of fused-ring (bicyclic) bond motifs is 1. The zero-order chi connectivity index (χ0) is 22.0. The van der Waals surface area contributed by atoms with Crippen LogP contribution in [-0.4, -0.2) is 47.0 Å². The van der Waals surface area contributed by atoms with Gasteiger partial charge in [-0.15, -0.1) is 21.5 Å². The van der Waals surface area contributed by atoms with E-state index in [4.69, 9.17) is 0 Å². The average molecular weight is 460 g/mol. The SMILES string of the molecule is Cc1ccc(-c2nnc3n2CCCCC3)cc1NC(=O)CN(C)S(=O)(=O)c1cccs1. The first-order valence-electron chi connectivity index (χ1n) is 10.2. The van der Waals surface area contributed by atoms with Gasteiger partial charge in [0.25, 0.3) is 10.0 Å². The highest BCUT2D eigenvalue weighted by Gasteiger charge is 2.24. The maximum absolute atomic E-state index is 12.6. The van der Waals surface area contributed by atoms with Crippen molar-refractivity contribution in [2.75, 3.05) is 18.9 Å². The summed E-state index contributed by atoms with van der Waals surface area (Å²) in [5.74, 6) is 1.40. The van der Waals surface area contributed by atoms with Crippen LogP contribution in [0.25, 0.3) is 11.4 Å². The number of carbonyl (C=O) groups excluding carboxylic acids is 1. The van der Waals surface area contributed by atoms with Crippen LogP contribution in [0.4, 0.5) is 5.69 Å². The Morgan fingerprint density at radius 2 is 2.06 bits per heavy atom. The van der Waals surface area contributed by atoms with E-state index in [9.17, 15) is 13.2 Å². The molecular weight excluding hydrogens is 434 g/mol. The first-order valence-corrected chi connectivity index (χ1v) is 12.5. The molecule has 0 unspecified atom stereocenters. The highest BCUT2D eigenvalue weighted by molar-refractivity contribution is 7.91. The summed E-state index contributed by atoms with van der Waals surface area (Å²) in [6.07, 6.45) is 4.32. The fraction of sp³-hybridized carbons (Fsp3) is 0.381. The molecule has 1 amide bonds. The molecule has 10 heteroatoms. The van der Waals surface area contributed by atoms with Crippen LogP contribution in [0, 0.1) is 6.92 Å². The highest BCUT2D eigenvalue weighted by atomic mass is 32.2. The maximum Gasteiger partial charge on any atom is 0.252 e. The lowest BCUT2D eigenvalue weighted by Crippen LogP contribution is -2.34. The van der Waals surface area contributed by atoms with Gasteiger partial charge in [0.2, 0.25) is 5.91 Å². The quantitative estimate of drug-likeness (QED) is 0.610. The lowest BCUT2D eigenvalue weighted by Gasteiger charge is -2.17. The van der Waals surface area contributed by atoms with Gasteiger partial charge in [0, 0.05) is 31.3 Å². The van der Waals surface area contributed by atoms with Crippen molar-refractivity contribution in [3.63, 3.8) is 0 Å². The van der Waals surface area contributed by atoms with Crippen LogP contribution < -0.4 is 5.32 Å². The molecule has 0 spiro atoms. The van der Waals surface area contributed by atoms with Crippen LogP contribution >= 0.6 is 11.3 Å². The fourth-order valence-electron chi connectivity index (χ4n) is 3.64. The molecule has 0 atom stereocenters. The Morgan fingerprint density at radius 3 is 2.84 bits per heavy atom. The summed E-state index contributed by atoms with van der Waals surface area (Å²) in [4.78, 5) is 12.6. The van der Waals surface area contributed by atoms with E-state index in [1.807, 2.05) is 25.1 Å². The molecule has 3 heterocycles. The molecule has 0 saturated carbocycles. The second-order valence-corrected chi connectivity index (χ2v) is 10.9. The Labute approximate surface area is 186 Å². The maximum atomic E-state index is 12.6. The normalized spacial score (nSPS) is 14.3. The van der Waals surface area contributed by atoms with E-state index in [2.05, 4.69) is 20.1 Å². The number of anilines is 1. The Balaban J connectivity index is 1.52. The Bertz CT molecular complexity index is 1190. The van der Waals surface area contributed by atoms with Crippen LogP contribution in [0.15, 0.2) is 39.9 Å².